The Morgan fingerprint density at radius 2 is 2.11 bits per heavy atom. The third-order valence-corrected chi connectivity index (χ3v) is 6.03. The van der Waals surface area contributed by atoms with E-state index >= 15 is 0 Å². The highest BCUT2D eigenvalue weighted by Gasteiger charge is 2.25. The molecule has 2 aliphatic heterocycles. The number of carbonyl (C=O) groups excluding carboxylic acids is 1. The highest BCUT2D eigenvalue weighted by molar-refractivity contribution is 6.05. The number of nitrogens with zero attached hydrogens (tertiary/aromatic N) is 1. The predicted octanol–water partition coefficient (Wildman–Crippen LogP) is 5.31. The fraction of sp³-hybridized carbons (Fsp3) is 0.348. The van der Waals surface area contributed by atoms with Gasteiger partial charge in [0.05, 0.1) is 18.1 Å². The first-order valence-corrected chi connectivity index (χ1v) is 10.1. The van der Waals surface area contributed by atoms with E-state index in [9.17, 15) is 4.79 Å². The molecule has 0 spiro atoms. The Kier molecular flexibility index (Phi) is 4.53. The fourth-order valence-corrected chi connectivity index (χ4v) is 4.48. The highest BCUT2D eigenvalue weighted by Crippen LogP contribution is 2.35. The number of hydrogen-bond acceptors (Lipinski definition) is 4. The number of piperidine rings is 1. The van der Waals surface area contributed by atoms with Crippen LogP contribution in [-0.2, 0) is 0 Å². The van der Waals surface area contributed by atoms with Gasteiger partial charge in [0.2, 0.25) is 0 Å². The van der Waals surface area contributed by atoms with Crippen molar-refractivity contribution in [3.63, 3.8) is 0 Å². The summed E-state index contributed by atoms with van der Waals surface area (Å²) in [5.74, 6) is -0.177. The first-order chi connectivity index (χ1) is 13.8. The quantitative estimate of drug-likeness (QED) is 0.673. The average Bonchev–Trinajstić information content (AvgIpc) is 3.35. The van der Waals surface area contributed by atoms with Crippen molar-refractivity contribution in [1.29, 1.82) is 0 Å². The van der Waals surface area contributed by atoms with Gasteiger partial charge in [-0.3, -0.25) is 9.69 Å². The van der Waals surface area contributed by atoms with Crippen LogP contribution in [0.25, 0.3) is 16.5 Å². The van der Waals surface area contributed by atoms with E-state index in [1.807, 2.05) is 24.5 Å². The lowest BCUT2D eigenvalue weighted by Gasteiger charge is -2.33. The van der Waals surface area contributed by atoms with Crippen LogP contribution < -0.4 is 5.32 Å². The second kappa shape index (κ2) is 7.32. The third kappa shape index (κ3) is 3.27. The van der Waals surface area contributed by atoms with Crippen molar-refractivity contribution in [1.82, 2.24) is 4.90 Å². The van der Waals surface area contributed by atoms with Crippen molar-refractivity contribution >= 4 is 28.1 Å². The largest absolute Gasteiger partial charge is 0.472 e. The van der Waals surface area contributed by atoms with Gasteiger partial charge in [-0.1, -0.05) is 12.5 Å². The van der Waals surface area contributed by atoms with E-state index in [0.29, 0.717) is 11.6 Å². The van der Waals surface area contributed by atoms with Crippen molar-refractivity contribution in [3.8, 4) is 0 Å². The maximum Gasteiger partial charge on any atom is 0.258 e. The predicted molar refractivity (Wildman–Crippen MR) is 109 cm³/mol. The summed E-state index contributed by atoms with van der Waals surface area (Å²) in [6.45, 7) is 2.23. The molecule has 0 radical (unpaired) electrons. The van der Waals surface area contributed by atoms with Crippen molar-refractivity contribution in [3.05, 3.63) is 60.3 Å². The lowest BCUT2D eigenvalue weighted by molar-refractivity contribution is 0.102. The summed E-state index contributed by atoms with van der Waals surface area (Å²) in [5, 5.41) is 3.99. The van der Waals surface area contributed by atoms with Crippen molar-refractivity contribution < 1.29 is 13.6 Å². The van der Waals surface area contributed by atoms with Crippen LogP contribution in [0.5, 0.6) is 0 Å². The van der Waals surface area contributed by atoms with E-state index in [1.54, 1.807) is 6.07 Å². The van der Waals surface area contributed by atoms with Crippen LogP contribution >= 0.6 is 0 Å². The van der Waals surface area contributed by atoms with Crippen LogP contribution in [0.1, 0.15) is 48.0 Å². The number of carbonyl (C=O) groups is 1. The topological polar surface area (TPSA) is 58.6 Å². The highest BCUT2D eigenvalue weighted by atomic mass is 16.3. The van der Waals surface area contributed by atoms with Gasteiger partial charge >= 0.3 is 0 Å². The summed E-state index contributed by atoms with van der Waals surface area (Å²) in [6, 6.07) is 8.16. The Labute approximate surface area is 164 Å². The van der Waals surface area contributed by atoms with Crippen LogP contribution in [0, 0.1) is 0 Å². The normalized spacial score (nSPS) is 20.4. The monoisotopic (exact) mass is 376 g/mol. The summed E-state index contributed by atoms with van der Waals surface area (Å²) in [5.41, 5.74) is 4.61. The van der Waals surface area contributed by atoms with Gasteiger partial charge in [-0.05, 0) is 62.1 Å². The Hall–Kier alpha value is -2.79. The fourth-order valence-electron chi connectivity index (χ4n) is 4.48. The molecule has 1 aromatic carbocycles. The summed E-state index contributed by atoms with van der Waals surface area (Å²) in [7, 11) is 0. The van der Waals surface area contributed by atoms with Crippen molar-refractivity contribution in [2.75, 3.05) is 18.4 Å². The lowest BCUT2D eigenvalue weighted by atomic mass is 9.95. The molecular formula is C23H24N2O3. The molecule has 2 aliphatic rings. The van der Waals surface area contributed by atoms with Gasteiger partial charge in [-0.25, -0.2) is 0 Å². The molecular weight excluding hydrogens is 352 g/mol. The maximum absolute atomic E-state index is 12.3. The van der Waals surface area contributed by atoms with Crippen LogP contribution in [0.4, 0.5) is 5.69 Å². The van der Waals surface area contributed by atoms with E-state index < -0.39 is 0 Å². The molecule has 28 heavy (non-hydrogen) atoms. The van der Waals surface area contributed by atoms with Gasteiger partial charge in [0.15, 0.2) is 0 Å². The van der Waals surface area contributed by atoms with Crippen LogP contribution in [0.3, 0.4) is 0 Å². The number of fused-ring (bicyclic) bond motifs is 2. The molecule has 1 unspecified atom stereocenters. The molecule has 5 rings (SSSR count). The molecule has 0 bridgehead atoms. The molecule has 1 N–H and O–H groups in total. The molecule has 1 amide bonds. The number of anilines is 1. The second-order valence-electron chi connectivity index (χ2n) is 7.74. The average molecular weight is 376 g/mol. The number of benzene rings is 1. The minimum Gasteiger partial charge on any atom is -0.472 e. The Morgan fingerprint density at radius 3 is 3.00 bits per heavy atom. The zero-order valence-corrected chi connectivity index (χ0v) is 15.8. The van der Waals surface area contributed by atoms with Gasteiger partial charge < -0.3 is 14.2 Å². The Bertz CT molecular complexity index is 1020. The lowest BCUT2D eigenvalue weighted by Crippen LogP contribution is -2.38. The third-order valence-electron chi connectivity index (χ3n) is 6.03. The number of amides is 1. The number of nitrogens with one attached hydrogen (secondary N) is 1. The van der Waals surface area contributed by atoms with Crippen molar-refractivity contribution in [2.24, 2.45) is 0 Å². The Balaban J connectivity index is 1.42. The van der Waals surface area contributed by atoms with Gasteiger partial charge in [-0.15, -0.1) is 0 Å². The minimum absolute atomic E-state index is 0.177. The first kappa shape index (κ1) is 17.3. The van der Waals surface area contributed by atoms with Crippen LogP contribution in [0.15, 0.2) is 58.0 Å². The summed E-state index contributed by atoms with van der Waals surface area (Å²) >= 11 is 0. The molecule has 1 fully saturated rings. The number of hydrogen-bond donors (Lipinski definition) is 1. The van der Waals surface area contributed by atoms with Crippen LogP contribution in [-0.4, -0.2) is 29.9 Å². The summed E-state index contributed by atoms with van der Waals surface area (Å²) < 4.78 is 10.8. The smallest absolute Gasteiger partial charge is 0.258 e. The van der Waals surface area contributed by atoms with E-state index in [-0.39, 0.29) is 5.91 Å². The van der Waals surface area contributed by atoms with Crippen LogP contribution in [0.2, 0.25) is 0 Å². The Morgan fingerprint density at radius 1 is 1.14 bits per heavy atom. The van der Waals surface area contributed by atoms with Gasteiger partial charge in [0.1, 0.15) is 11.8 Å². The molecule has 3 aromatic rings. The molecule has 1 atom stereocenters. The maximum atomic E-state index is 12.3. The zero-order chi connectivity index (χ0) is 18.9. The SMILES string of the molecule is O=C(Nc1ccc2occ(C3=CCN4CCCCC4CC3)c2c1)c1ccoc1. The van der Waals surface area contributed by atoms with Gasteiger partial charge in [0, 0.05) is 29.2 Å². The van der Waals surface area contributed by atoms with E-state index in [4.69, 9.17) is 8.83 Å². The van der Waals surface area contributed by atoms with E-state index in [0.717, 1.165) is 35.2 Å². The number of rotatable bonds is 3. The molecule has 0 aliphatic carbocycles. The summed E-state index contributed by atoms with van der Waals surface area (Å²) in [6.07, 6.45) is 13.4. The second-order valence-corrected chi connectivity index (χ2v) is 7.74. The molecule has 2 aromatic heterocycles. The van der Waals surface area contributed by atoms with Gasteiger partial charge in [0.25, 0.3) is 5.91 Å². The number of allylic oxidation sites excluding steroid dienone is 1. The van der Waals surface area contributed by atoms with E-state index in [2.05, 4.69) is 16.3 Å². The molecule has 5 nitrogen and oxygen atoms in total. The standard InChI is InChI=1S/C23H24N2O3/c26-23(17-9-12-27-14-17)24-18-5-7-22-20(13-18)21(15-28-22)16-4-6-19-3-1-2-10-25(19)11-8-16/h5,7-9,12-15,19H,1-4,6,10-11H2,(H,24,26). The van der Waals surface area contributed by atoms with Crippen molar-refractivity contribution in [2.45, 2.75) is 38.1 Å². The molecule has 1 saturated heterocycles. The zero-order valence-electron chi connectivity index (χ0n) is 15.8. The van der Waals surface area contributed by atoms with Gasteiger partial charge in [-0.2, -0.15) is 0 Å². The molecule has 4 heterocycles. The summed E-state index contributed by atoms with van der Waals surface area (Å²) in [4.78, 5) is 14.9. The molecule has 0 saturated carbocycles. The minimum atomic E-state index is -0.177. The molecule has 144 valence electrons. The molecule has 5 heteroatoms. The first-order valence-electron chi connectivity index (χ1n) is 10.1. The number of furan rings is 2. The van der Waals surface area contributed by atoms with E-state index in [1.165, 1.54) is 50.3 Å².